The van der Waals surface area contributed by atoms with Gasteiger partial charge in [0.25, 0.3) is 0 Å². The Kier molecular flexibility index (Phi) is 8.22. The number of esters is 1. The highest BCUT2D eigenvalue weighted by molar-refractivity contribution is 6.74. The van der Waals surface area contributed by atoms with Crippen LogP contribution < -0.4 is 0 Å². The van der Waals surface area contributed by atoms with Crippen molar-refractivity contribution in [3.8, 4) is 0 Å². The van der Waals surface area contributed by atoms with Gasteiger partial charge < -0.3 is 14.0 Å². The molecule has 0 aliphatic carbocycles. The predicted molar refractivity (Wildman–Crippen MR) is 108 cm³/mol. The number of benzene rings is 1. The van der Waals surface area contributed by atoms with E-state index in [-0.39, 0.29) is 29.5 Å². The molecule has 4 nitrogen and oxygen atoms in total. The van der Waals surface area contributed by atoms with E-state index in [1.165, 1.54) is 0 Å². The van der Waals surface area contributed by atoms with Crippen molar-refractivity contribution in [1.29, 1.82) is 0 Å². The van der Waals surface area contributed by atoms with E-state index in [0.29, 0.717) is 12.0 Å². The number of carbonyl (C=O) groups is 2. The molecule has 0 spiro atoms. The first-order chi connectivity index (χ1) is 12.0. The molecule has 26 heavy (non-hydrogen) atoms. The number of rotatable bonds is 9. The van der Waals surface area contributed by atoms with Crippen molar-refractivity contribution in [3.05, 3.63) is 35.9 Å². The van der Waals surface area contributed by atoms with Crippen LogP contribution in [0.1, 0.15) is 51.4 Å². The molecule has 0 N–H and O–H groups in total. The summed E-state index contributed by atoms with van der Waals surface area (Å²) in [5.41, 5.74) is 0.540. The fourth-order valence-corrected chi connectivity index (χ4v) is 3.82. The normalized spacial score (nSPS) is 14.8. The molecule has 0 heterocycles. The van der Waals surface area contributed by atoms with Crippen LogP contribution in [-0.4, -0.2) is 33.3 Å². The highest BCUT2D eigenvalue weighted by atomic mass is 28.4. The SMILES string of the molecule is CC(C)[C@@H](CCOC(=O)c1ccccc1)[C@H](C=O)O[Si](C)(C)C(C)(C)C. The van der Waals surface area contributed by atoms with Crippen molar-refractivity contribution in [2.45, 2.75) is 65.3 Å². The maximum atomic E-state index is 12.1. The largest absolute Gasteiger partial charge is 0.462 e. The van der Waals surface area contributed by atoms with E-state index in [9.17, 15) is 9.59 Å². The molecular weight excluding hydrogens is 344 g/mol. The molecule has 0 saturated heterocycles. The van der Waals surface area contributed by atoms with Crippen molar-refractivity contribution in [1.82, 2.24) is 0 Å². The van der Waals surface area contributed by atoms with Crippen LogP contribution in [0.5, 0.6) is 0 Å². The van der Waals surface area contributed by atoms with Gasteiger partial charge >= 0.3 is 5.97 Å². The molecule has 0 aliphatic heterocycles. The molecule has 5 heteroatoms. The Morgan fingerprint density at radius 1 is 1.15 bits per heavy atom. The maximum Gasteiger partial charge on any atom is 0.338 e. The fraction of sp³-hybridized carbons (Fsp3) is 0.619. The van der Waals surface area contributed by atoms with E-state index in [0.717, 1.165) is 6.29 Å². The van der Waals surface area contributed by atoms with Crippen LogP contribution >= 0.6 is 0 Å². The molecule has 0 aliphatic rings. The van der Waals surface area contributed by atoms with E-state index < -0.39 is 14.4 Å². The minimum absolute atomic E-state index is 0.0187. The Balaban J connectivity index is 2.72. The van der Waals surface area contributed by atoms with Crippen molar-refractivity contribution in [2.75, 3.05) is 6.61 Å². The van der Waals surface area contributed by atoms with Gasteiger partial charge in [-0.3, -0.25) is 0 Å². The molecule has 1 aromatic carbocycles. The summed E-state index contributed by atoms with van der Waals surface area (Å²) in [6.07, 6.45) is 1.06. The first-order valence-electron chi connectivity index (χ1n) is 9.35. The molecule has 0 amide bonds. The van der Waals surface area contributed by atoms with Gasteiger partial charge in [-0.15, -0.1) is 0 Å². The number of hydrogen-bond donors (Lipinski definition) is 0. The first-order valence-corrected chi connectivity index (χ1v) is 12.3. The van der Waals surface area contributed by atoms with Crippen molar-refractivity contribution >= 4 is 20.6 Å². The Hall–Kier alpha value is -1.46. The van der Waals surface area contributed by atoms with Crippen LogP contribution in [0.3, 0.4) is 0 Å². The summed E-state index contributed by atoms with van der Waals surface area (Å²) in [5.74, 6) is -0.0586. The third kappa shape index (κ3) is 6.36. The molecule has 0 fully saturated rings. The molecule has 0 bridgehead atoms. The van der Waals surface area contributed by atoms with E-state index in [4.69, 9.17) is 9.16 Å². The highest BCUT2D eigenvalue weighted by Gasteiger charge is 2.41. The van der Waals surface area contributed by atoms with Crippen molar-refractivity contribution < 1.29 is 18.8 Å². The summed E-state index contributed by atoms with van der Waals surface area (Å²) in [4.78, 5) is 23.8. The Labute approximate surface area is 159 Å². The summed E-state index contributed by atoms with van der Waals surface area (Å²) in [5, 5.41) is 0.0373. The standard InChI is InChI=1S/C21H34O4Si/c1-16(2)18(19(15-22)25-26(6,7)21(3,4)5)13-14-24-20(23)17-11-9-8-10-12-17/h8-12,15-16,18-19H,13-14H2,1-7H3/t18-,19+/m1/s1. The third-order valence-electron chi connectivity index (χ3n) is 5.34. The van der Waals surface area contributed by atoms with Crippen molar-refractivity contribution in [3.63, 3.8) is 0 Å². The van der Waals surface area contributed by atoms with Gasteiger partial charge in [0.2, 0.25) is 0 Å². The van der Waals surface area contributed by atoms with Gasteiger partial charge in [0.05, 0.1) is 12.2 Å². The van der Waals surface area contributed by atoms with Gasteiger partial charge in [-0.2, -0.15) is 0 Å². The van der Waals surface area contributed by atoms with Crippen molar-refractivity contribution in [2.24, 2.45) is 11.8 Å². The minimum atomic E-state index is -2.05. The molecular formula is C21H34O4Si. The summed E-state index contributed by atoms with van der Waals surface area (Å²) in [6, 6.07) is 8.94. The molecule has 1 rings (SSSR count). The van der Waals surface area contributed by atoms with E-state index in [1.54, 1.807) is 12.1 Å². The quantitative estimate of drug-likeness (QED) is 0.341. The average Bonchev–Trinajstić information content (AvgIpc) is 2.56. The second kappa shape index (κ2) is 9.47. The lowest BCUT2D eigenvalue weighted by Gasteiger charge is -2.40. The van der Waals surface area contributed by atoms with Crippen LogP contribution in [0.15, 0.2) is 30.3 Å². The monoisotopic (exact) mass is 378 g/mol. The Bertz CT molecular complexity index is 575. The summed E-state index contributed by atoms with van der Waals surface area (Å²) in [6.45, 7) is 15.2. The lowest BCUT2D eigenvalue weighted by Crippen LogP contribution is -2.47. The molecule has 0 aromatic heterocycles. The summed E-state index contributed by atoms with van der Waals surface area (Å²) < 4.78 is 11.7. The fourth-order valence-electron chi connectivity index (χ4n) is 2.56. The van der Waals surface area contributed by atoms with Gasteiger partial charge in [0, 0.05) is 0 Å². The number of hydrogen-bond acceptors (Lipinski definition) is 4. The average molecular weight is 379 g/mol. The van der Waals surface area contributed by atoms with Gasteiger partial charge in [-0.05, 0) is 48.5 Å². The number of carbonyl (C=O) groups excluding carboxylic acids is 2. The zero-order valence-electron chi connectivity index (χ0n) is 17.2. The predicted octanol–water partition coefficient (Wildman–Crippen LogP) is 5.10. The van der Waals surface area contributed by atoms with Crippen LogP contribution in [0.4, 0.5) is 0 Å². The van der Waals surface area contributed by atoms with E-state index in [1.807, 2.05) is 18.2 Å². The lowest BCUT2D eigenvalue weighted by atomic mass is 9.88. The molecule has 0 radical (unpaired) electrons. The van der Waals surface area contributed by atoms with E-state index >= 15 is 0 Å². The molecule has 0 saturated carbocycles. The van der Waals surface area contributed by atoms with E-state index in [2.05, 4.69) is 47.7 Å². The van der Waals surface area contributed by atoms with Gasteiger partial charge in [-0.1, -0.05) is 52.8 Å². The Morgan fingerprint density at radius 3 is 2.19 bits per heavy atom. The van der Waals surface area contributed by atoms with Crippen LogP contribution in [0.25, 0.3) is 0 Å². The topological polar surface area (TPSA) is 52.6 Å². The highest BCUT2D eigenvalue weighted by Crippen LogP contribution is 2.38. The third-order valence-corrected chi connectivity index (χ3v) is 9.82. The minimum Gasteiger partial charge on any atom is -0.462 e. The van der Waals surface area contributed by atoms with Crippen LogP contribution in [0.2, 0.25) is 18.1 Å². The zero-order chi connectivity index (χ0) is 20.0. The molecule has 1 aromatic rings. The summed E-state index contributed by atoms with van der Waals surface area (Å²) >= 11 is 0. The maximum absolute atomic E-state index is 12.1. The number of aldehydes is 1. The smallest absolute Gasteiger partial charge is 0.338 e. The van der Waals surface area contributed by atoms with Crippen LogP contribution in [0, 0.1) is 11.8 Å². The lowest BCUT2D eigenvalue weighted by molar-refractivity contribution is -0.117. The second-order valence-corrected chi connectivity index (χ2v) is 13.4. The van der Waals surface area contributed by atoms with Crippen LogP contribution in [-0.2, 0) is 14.0 Å². The Morgan fingerprint density at radius 2 is 1.73 bits per heavy atom. The first kappa shape index (κ1) is 22.6. The molecule has 0 unspecified atom stereocenters. The summed E-state index contributed by atoms with van der Waals surface area (Å²) in [7, 11) is -2.05. The molecule has 2 atom stereocenters. The van der Waals surface area contributed by atoms with Gasteiger partial charge in [-0.25, -0.2) is 4.79 Å². The second-order valence-electron chi connectivity index (χ2n) is 8.68. The number of ether oxygens (including phenoxy) is 1. The zero-order valence-corrected chi connectivity index (χ0v) is 18.2. The molecule has 146 valence electrons. The van der Waals surface area contributed by atoms with Gasteiger partial charge in [0.15, 0.2) is 8.32 Å². The van der Waals surface area contributed by atoms with Gasteiger partial charge in [0.1, 0.15) is 12.4 Å².